The predicted molar refractivity (Wildman–Crippen MR) is 98.1 cm³/mol. The molecule has 0 bridgehead atoms. The highest BCUT2D eigenvalue weighted by Gasteiger charge is 2.33. The minimum Gasteiger partial charge on any atom is -0.493 e. The first-order chi connectivity index (χ1) is 14.3. The van der Waals surface area contributed by atoms with E-state index in [0.29, 0.717) is 0 Å². The number of carbonyl (C=O) groups excluding carboxylic acids is 4. The minimum atomic E-state index is -3.02. The van der Waals surface area contributed by atoms with Crippen LogP contribution in [0.3, 0.4) is 0 Å². The van der Waals surface area contributed by atoms with Gasteiger partial charge in [0.05, 0.1) is 7.11 Å². The number of piperazine rings is 1. The average Bonchev–Trinajstić information content (AvgIpc) is 3.05. The second kappa shape index (κ2) is 9.06. The molecule has 2 heterocycles. The van der Waals surface area contributed by atoms with Crippen molar-refractivity contribution >= 4 is 23.6 Å². The van der Waals surface area contributed by atoms with Crippen molar-refractivity contribution in [3.05, 3.63) is 23.8 Å². The smallest absolute Gasteiger partial charge is 0.387 e. The topological polar surface area (TPSA) is 96.5 Å². The van der Waals surface area contributed by atoms with Gasteiger partial charge in [-0.3, -0.25) is 24.1 Å². The van der Waals surface area contributed by atoms with Crippen molar-refractivity contribution in [1.82, 2.24) is 14.7 Å². The molecular formula is C19H21F2N3O6. The van der Waals surface area contributed by atoms with Gasteiger partial charge in [-0.1, -0.05) is 0 Å². The average molecular weight is 425 g/mol. The van der Waals surface area contributed by atoms with Gasteiger partial charge in [0.1, 0.15) is 6.54 Å². The van der Waals surface area contributed by atoms with Crippen LogP contribution < -0.4 is 9.47 Å². The number of rotatable bonds is 6. The standard InChI is InChI=1S/C19H21F2N3O6/c1-29-14-10-12(2-3-13(14)30-19(20)21)18(28)23-8-6-22(7-9-23)17(27)11-24-15(25)4-5-16(24)26/h2-3,10,19H,4-9,11H2,1H3. The predicted octanol–water partition coefficient (Wildman–Crippen LogP) is 0.730. The molecule has 4 amide bonds. The molecule has 0 saturated carbocycles. The van der Waals surface area contributed by atoms with Crippen LogP contribution in [-0.4, -0.2) is 84.8 Å². The summed E-state index contributed by atoms with van der Waals surface area (Å²) in [5.41, 5.74) is 0.238. The summed E-state index contributed by atoms with van der Waals surface area (Å²) in [5, 5.41) is 0. The van der Waals surface area contributed by atoms with Crippen LogP contribution in [0.2, 0.25) is 0 Å². The Morgan fingerprint density at radius 2 is 1.60 bits per heavy atom. The second-order valence-corrected chi connectivity index (χ2v) is 6.79. The third kappa shape index (κ3) is 4.66. The highest BCUT2D eigenvalue weighted by atomic mass is 19.3. The van der Waals surface area contributed by atoms with Crippen molar-refractivity contribution in [2.75, 3.05) is 39.8 Å². The molecule has 2 aliphatic rings. The molecule has 0 aliphatic carbocycles. The number of likely N-dealkylation sites (tertiary alicyclic amines) is 1. The van der Waals surface area contributed by atoms with E-state index in [-0.39, 0.29) is 86.3 Å². The van der Waals surface area contributed by atoms with E-state index in [1.54, 1.807) is 0 Å². The van der Waals surface area contributed by atoms with Gasteiger partial charge >= 0.3 is 6.61 Å². The van der Waals surface area contributed by atoms with Crippen LogP contribution >= 0.6 is 0 Å². The number of halogens is 2. The molecule has 1 aromatic carbocycles. The van der Waals surface area contributed by atoms with E-state index >= 15 is 0 Å². The van der Waals surface area contributed by atoms with Crippen molar-refractivity contribution in [2.45, 2.75) is 19.5 Å². The van der Waals surface area contributed by atoms with Crippen molar-refractivity contribution in [1.29, 1.82) is 0 Å². The number of methoxy groups -OCH3 is 1. The third-order valence-electron chi connectivity index (χ3n) is 4.99. The van der Waals surface area contributed by atoms with Gasteiger partial charge in [0.25, 0.3) is 5.91 Å². The van der Waals surface area contributed by atoms with Crippen LogP contribution in [0.25, 0.3) is 0 Å². The summed E-state index contributed by atoms with van der Waals surface area (Å²) in [4.78, 5) is 52.4. The van der Waals surface area contributed by atoms with E-state index in [0.717, 1.165) is 4.90 Å². The van der Waals surface area contributed by atoms with Crippen LogP contribution in [0, 0.1) is 0 Å². The van der Waals surface area contributed by atoms with E-state index in [9.17, 15) is 28.0 Å². The highest BCUT2D eigenvalue weighted by Crippen LogP contribution is 2.30. The Hall–Kier alpha value is -3.24. The van der Waals surface area contributed by atoms with Crippen molar-refractivity contribution in [3.8, 4) is 11.5 Å². The molecule has 11 heteroatoms. The largest absolute Gasteiger partial charge is 0.493 e. The van der Waals surface area contributed by atoms with Crippen LogP contribution in [0.1, 0.15) is 23.2 Å². The number of benzene rings is 1. The third-order valence-corrected chi connectivity index (χ3v) is 4.99. The molecule has 0 spiro atoms. The fourth-order valence-corrected chi connectivity index (χ4v) is 3.37. The first-order valence-electron chi connectivity index (χ1n) is 9.33. The lowest BCUT2D eigenvalue weighted by atomic mass is 10.1. The summed E-state index contributed by atoms with van der Waals surface area (Å²) in [6.45, 7) is -2.28. The summed E-state index contributed by atoms with van der Waals surface area (Å²) >= 11 is 0. The maximum absolute atomic E-state index is 12.7. The molecule has 2 aliphatic heterocycles. The zero-order chi connectivity index (χ0) is 21.8. The number of hydrogen-bond acceptors (Lipinski definition) is 6. The van der Waals surface area contributed by atoms with Gasteiger partial charge in [-0.25, -0.2) is 0 Å². The summed E-state index contributed by atoms with van der Waals surface area (Å²) in [5.74, 6) is -1.55. The van der Waals surface area contributed by atoms with Gasteiger partial charge in [-0.05, 0) is 18.2 Å². The van der Waals surface area contributed by atoms with Crippen LogP contribution in [0.4, 0.5) is 8.78 Å². The Morgan fingerprint density at radius 3 is 2.17 bits per heavy atom. The summed E-state index contributed by atoms with van der Waals surface area (Å²) in [6, 6.07) is 3.93. The van der Waals surface area contributed by atoms with Gasteiger partial charge in [0.2, 0.25) is 17.7 Å². The number of carbonyl (C=O) groups is 4. The van der Waals surface area contributed by atoms with Crippen LogP contribution in [0.5, 0.6) is 11.5 Å². The Morgan fingerprint density at radius 1 is 1.00 bits per heavy atom. The molecule has 162 valence electrons. The summed E-state index contributed by atoms with van der Waals surface area (Å²) in [7, 11) is 1.28. The van der Waals surface area contributed by atoms with Crippen LogP contribution in [-0.2, 0) is 14.4 Å². The van der Waals surface area contributed by atoms with Gasteiger partial charge in [0.15, 0.2) is 11.5 Å². The van der Waals surface area contributed by atoms with Crippen molar-refractivity contribution in [2.24, 2.45) is 0 Å². The van der Waals surface area contributed by atoms with E-state index < -0.39 is 6.61 Å². The maximum Gasteiger partial charge on any atom is 0.387 e. The minimum absolute atomic E-state index is 0.00918. The lowest BCUT2D eigenvalue weighted by Crippen LogP contribution is -2.53. The molecule has 0 aromatic heterocycles. The number of ether oxygens (including phenoxy) is 2. The zero-order valence-corrected chi connectivity index (χ0v) is 16.3. The Bertz CT molecular complexity index is 839. The number of amides is 4. The fraction of sp³-hybridized carbons (Fsp3) is 0.474. The highest BCUT2D eigenvalue weighted by molar-refractivity contribution is 6.04. The lowest BCUT2D eigenvalue weighted by Gasteiger charge is -2.35. The Balaban J connectivity index is 1.58. The molecule has 0 radical (unpaired) electrons. The van der Waals surface area contributed by atoms with E-state index in [2.05, 4.69) is 4.74 Å². The molecule has 0 atom stereocenters. The normalized spacial score (nSPS) is 17.0. The molecular weight excluding hydrogens is 404 g/mol. The molecule has 0 unspecified atom stereocenters. The SMILES string of the molecule is COc1cc(C(=O)N2CCN(C(=O)CN3C(=O)CCC3=O)CC2)ccc1OC(F)F. The monoisotopic (exact) mass is 425 g/mol. The van der Waals surface area contributed by atoms with Crippen molar-refractivity contribution < 1.29 is 37.4 Å². The van der Waals surface area contributed by atoms with Gasteiger partial charge < -0.3 is 19.3 Å². The van der Waals surface area contributed by atoms with Crippen LogP contribution in [0.15, 0.2) is 18.2 Å². The quantitative estimate of drug-likeness (QED) is 0.624. The molecule has 0 N–H and O–H groups in total. The van der Waals surface area contributed by atoms with Crippen molar-refractivity contribution in [3.63, 3.8) is 0 Å². The fourth-order valence-electron chi connectivity index (χ4n) is 3.37. The first kappa shape index (κ1) is 21.5. The first-order valence-corrected chi connectivity index (χ1v) is 9.33. The van der Waals surface area contributed by atoms with Gasteiger partial charge in [-0.2, -0.15) is 8.78 Å². The molecule has 1 aromatic rings. The van der Waals surface area contributed by atoms with E-state index in [4.69, 9.17) is 4.74 Å². The number of imide groups is 1. The molecule has 30 heavy (non-hydrogen) atoms. The molecule has 3 rings (SSSR count). The lowest BCUT2D eigenvalue weighted by molar-refractivity contribution is -0.146. The molecule has 9 nitrogen and oxygen atoms in total. The number of alkyl halides is 2. The summed E-state index contributed by atoms with van der Waals surface area (Å²) in [6.07, 6.45) is 0.248. The second-order valence-electron chi connectivity index (χ2n) is 6.79. The zero-order valence-electron chi connectivity index (χ0n) is 16.3. The molecule has 2 saturated heterocycles. The summed E-state index contributed by atoms with van der Waals surface area (Å²) < 4.78 is 34.2. The van der Waals surface area contributed by atoms with Gasteiger partial charge in [-0.15, -0.1) is 0 Å². The van der Waals surface area contributed by atoms with E-state index in [1.807, 2.05) is 0 Å². The van der Waals surface area contributed by atoms with Gasteiger partial charge in [0, 0.05) is 44.6 Å². The Labute approximate surface area is 171 Å². The number of nitrogens with zero attached hydrogens (tertiary/aromatic N) is 3. The van der Waals surface area contributed by atoms with E-state index in [1.165, 1.54) is 35.1 Å². The maximum atomic E-state index is 12.7. The molecule has 2 fully saturated rings. The number of hydrogen-bond donors (Lipinski definition) is 0. The Kier molecular flexibility index (Phi) is 6.48.